The Balaban J connectivity index is 2.17. The van der Waals surface area contributed by atoms with E-state index in [0.29, 0.717) is 5.91 Å². The van der Waals surface area contributed by atoms with Crippen molar-refractivity contribution in [3.05, 3.63) is 29.3 Å². The zero-order chi connectivity index (χ0) is 10.4. The standard InChI is InChI=1S/C13H15NO/c1-9-5-6-10-3-2-4-11-7-8-14(12(10)11)13(9)15/h2-4,9H,5-8H2,1H3. The van der Waals surface area contributed by atoms with Crippen molar-refractivity contribution in [2.45, 2.75) is 26.2 Å². The number of aryl methyl sites for hydroxylation is 1. The molecule has 78 valence electrons. The molecule has 0 saturated carbocycles. The molecule has 15 heavy (non-hydrogen) atoms. The Bertz CT molecular complexity index is 425. The molecule has 2 aliphatic rings. The fourth-order valence-corrected chi connectivity index (χ4v) is 2.72. The SMILES string of the molecule is CC1CCc2cccc3c2N(CC3)C1=O. The highest BCUT2D eigenvalue weighted by Gasteiger charge is 2.32. The van der Waals surface area contributed by atoms with Gasteiger partial charge in [-0.05, 0) is 30.4 Å². The van der Waals surface area contributed by atoms with Gasteiger partial charge in [0.05, 0.1) is 5.69 Å². The van der Waals surface area contributed by atoms with Gasteiger partial charge in [-0.3, -0.25) is 4.79 Å². The number of benzene rings is 1. The van der Waals surface area contributed by atoms with Crippen LogP contribution in [0.2, 0.25) is 0 Å². The van der Waals surface area contributed by atoms with E-state index in [-0.39, 0.29) is 5.92 Å². The summed E-state index contributed by atoms with van der Waals surface area (Å²) in [5.41, 5.74) is 3.95. The van der Waals surface area contributed by atoms with Crippen molar-refractivity contribution in [2.75, 3.05) is 11.4 Å². The molecular formula is C13H15NO. The van der Waals surface area contributed by atoms with Crippen molar-refractivity contribution in [3.8, 4) is 0 Å². The number of nitrogens with zero attached hydrogens (tertiary/aromatic N) is 1. The summed E-state index contributed by atoms with van der Waals surface area (Å²) in [4.78, 5) is 14.1. The van der Waals surface area contributed by atoms with E-state index in [1.165, 1.54) is 16.8 Å². The van der Waals surface area contributed by atoms with Gasteiger partial charge in [0.15, 0.2) is 0 Å². The van der Waals surface area contributed by atoms with Gasteiger partial charge in [0.25, 0.3) is 0 Å². The van der Waals surface area contributed by atoms with E-state index >= 15 is 0 Å². The molecule has 1 amide bonds. The van der Waals surface area contributed by atoms with Crippen molar-refractivity contribution in [2.24, 2.45) is 5.92 Å². The second-order valence-electron chi connectivity index (χ2n) is 4.60. The molecule has 0 radical (unpaired) electrons. The normalized spacial score (nSPS) is 23.9. The summed E-state index contributed by atoms with van der Waals surface area (Å²) >= 11 is 0. The smallest absolute Gasteiger partial charge is 0.229 e. The number of rotatable bonds is 0. The molecule has 0 aliphatic carbocycles. The van der Waals surface area contributed by atoms with Crippen LogP contribution in [0.15, 0.2) is 18.2 Å². The van der Waals surface area contributed by atoms with E-state index in [1.54, 1.807) is 0 Å². The van der Waals surface area contributed by atoms with E-state index in [2.05, 4.69) is 18.2 Å². The van der Waals surface area contributed by atoms with Gasteiger partial charge in [-0.25, -0.2) is 0 Å². The second-order valence-corrected chi connectivity index (χ2v) is 4.60. The van der Waals surface area contributed by atoms with Crippen LogP contribution in [0.5, 0.6) is 0 Å². The summed E-state index contributed by atoms with van der Waals surface area (Å²) in [7, 11) is 0. The van der Waals surface area contributed by atoms with Crippen LogP contribution >= 0.6 is 0 Å². The van der Waals surface area contributed by atoms with Crippen molar-refractivity contribution >= 4 is 11.6 Å². The van der Waals surface area contributed by atoms with Gasteiger partial charge in [-0.2, -0.15) is 0 Å². The molecule has 1 aromatic carbocycles. The topological polar surface area (TPSA) is 20.3 Å². The van der Waals surface area contributed by atoms with Crippen molar-refractivity contribution in [1.82, 2.24) is 0 Å². The number of hydrogen-bond donors (Lipinski definition) is 0. The Morgan fingerprint density at radius 1 is 1.27 bits per heavy atom. The monoisotopic (exact) mass is 201 g/mol. The van der Waals surface area contributed by atoms with Crippen molar-refractivity contribution in [1.29, 1.82) is 0 Å². The summed E-state index contributed by atoms with van der Waals surface area (Å²) in [6.45, 7) is 2.93. The van der Waals surface area contributed by atoms with E-state index < -0.39 is 0 Å². The van der Waals surface area contributed by atoms with E-state index in [0.717, 1.165) is 25.8 Å². The predicted molar refractivity (Wildman–Crippen MR) is 60.0 cm³/mol. The molecule has 0 saturated heterocycles. The lowest BCUT2D eigenvalue weighted by atomic mass is 10.0. The fraction of sp³-hybridized carbons (Fsp3) is 0.462. The van der Waals surface area contributed by atoms with Crippen LogP contribution in [0, 0.1) is 5.92 Å². The van der Waals surface area contributed by atoms with Crippen molar-refractivity contribution in [3.63, 3.8) is 0 Å². The maximum atomic E-state index is 12.1. The first-order chi connectivity index (χ1) is 7.27. The van der Waals surface area contributed by atoms with E-state index in [9.17, 15) is 4.79 Å². The third kappa shape index (κ3) is 1.21. The van der Waals surface area contributed by atoms with Gasteiger partial charge in [-0.1, -0.05) is 25.1 Å². The molecule has 0 spiro atoms. The van der Waals surface area contributed by atoms with Crippen LogP contribution in [-0.2, 0) is 17.6 Å². The van der Waals surface area contributed by atoms with Gasteiger partial charge in [0, 0.05) is 12.5 Å². The summed E-state index contributed by atoms with van der Waals surface area (Å²) in [5, 5.41) is 0. The van der Waals surface area contributed by atoms with E-state index in [1.807, 2.05) is 11.8 Å². The molecule has 0 fully saturated rings. The highest BCUT2D eigenvalue weighted by Crippen LogP contribution is 2.36. The van der Waals surface area contributed by atoms with Crippen LogP contribution in [0.3, 0.4) is 0 Å². The first-order valence-corrected chi connectivity index (χ1v) is 5.69. The average Bonchev–Trinajstić information content (AvgIpc) is 2.63. The minimum atomic E-state index is 0.184. The third-order valence-corrected chi connectivity index (χ3v) is 3.61. The minimum absolute atomic E-state index is 0.184. The van der Waals surface area contributed by atoms with Gasteiger partial charge < -0.3 is 4.90 Å². The second kappa shape index (κ2) is 3.09. The largest absolute Gasteiger partial charge is 0.311 e. The average molecular weight is 201 g/mol. The Morgan fingerprint density at radius 2 is 2.00 bits per heavy atom. The number of carbonyl (C=O) groups excluding carboxylic acids is 1. The maximum Gasteiger partial charge on any atom is 0.229 e. The lowest BCUT2D eigenvalue weighted by Gasteiger charge is -2.19. The van der Waals surface area contributed by atoms with E-state index in [4.69, 9.17) is 0 Å². The maximum absolute atomic E-state index is 12.1. The number of carbonyl (C=O) groups is 1. The zero-order valence-corrected chi connectivity index (χ0v) is 8.99. The van der Waals surface area contributed by atoms with Crippen LogP contribution in [0.25, 0.3) is 0 Å². The summed E-state index contributed by atoms with van der Waals surface area (Å²) in [5.74, 6) is 0.502. The number of hydrogen-bond acceptors (Lipinski definition) is 1. The highest BCUT2D eigenvalue weighted by atomic mass is 16.2. The van der Waals surface area contributed by atoms with Crippen LogP contribution < -0.4 is 4.90 Å². The molecule has 2 heteroatoms. The van der Waals surface area contributed by atoms with Gasteiger partial charge in [-0.15, -0.1) is 0 Å². The molecule has 2 nitrogen and oxygen atoms in total. The summed E-state index contributed by atoms with van der Waals surface area (Å²) in [6.07, 6.45) is 3.07. The Kier molecular flexibility index (Phi) is 1.84. The quantitative estimate of drug-likeness (QED) is 0.630. The molecule has 0 bridgehead atoms. The van der Waals surface area contributed by atoms with Crippen LogP contribution in [0.4, 0.5) is 5.69 Å². The number of para-hydroxylation sites is 1. The molecule has 2 aliphatic heterocycles. The molecular weight excluding hydrogens is 186 g/mol. The zero-order valence-electron chi connectivity index (χ0n) is 8.99. The first kappa shape index (κ1) is 8.96. The van der Waals surface area contributed by atoms with Gasteiger partial charge >= 0.3 is 0 Å². The summed E-state index contributed by atoms with van der Waals surface area (Å²) < 4.78 is 0. The first-order valence-electron chi connectivity index (χ1n) is 5.69. The van der Waals surface area contributed by atoms with Crippen LogP contribution in [-0.4, -0.2) is 12.5 Å². The lowest BCUT2D eigenvalue weighted by molar-refractivity contribution is -0.121. The van der Waals surface area contributed by atoms with Crippen molar-refractivity contribution < 1.29 is 4.79 Å². The molecule has 2 heterocycles. The molecule has 0 N–H and O–H groups in total. The highest BCUT2D eigenvalue weighted by molar-refractivity contribution is 5.98. The molecule has 1 atom stereocenters. The van der Waals surface area contributed by atoms with Gasteiger partial charge in [0.1, 0.15) is 0 Å². The number of anilines is 1. The fourth-order valence-electron chi connectivity index (χ4n) is 2.72. The molecule has 3 rings (SSSR count). The van der Waals surface area contributed by atoms with Crippen LogP contribution in [0.1, 0.15) is 24.5 Å². The summed E-state index contributed by atoms with van der Waals surface area (Å²) in [6, 6.07) is 6.45. The Morgan fingerprint density at radius 3 is 2.80 bits per heavy atom. The lowest BCUT2D eigenvalue weighted by Crippen LogP contribution is -2.32. The Labute approximate surface area is 89.9 Å². The third-order valence-electron chi connectivity index (χ3n) is 3.61. The molecule has 1 aromatic rings. The molecule has 1 unspecified atom stereocenters. The minimum Gasteiger partial charge on any atom is -0.311 e. The predicted octanol–water partition coefficient (Wildman–Crippen LogP) is 2.16. The number of amides is 1. The molecule has 0 aromatic heterocycles. The Hall–Kier alpha value is -1.31. The van der Waals surface area contributed by atoms with Gasteiger partial charge in [0.2, 0.25) is 5.91 Å².